The first kappa shape index (κ1) is 13.6. The summed E-state index contributed by atoms with van der Waals surface area (Å²) in [6.07, 6.45) is 0. The Labute approximate surface area is 117 Å². The van der Waals surface area contributed by atoms with Gasteiger partial charge in [-0.2, -0.15) is 4.98 Å². The minimum atomic E-state index is 0.254. The van der Waals surface area contributed by atoms with Crippen LogP contribution in [-0.4, -0.2) is 16.6 Å². The maximum absolute atomic E-state index is 5.91. The second-order valence-electron chi connectivity index (χ2n) is 3.98. The van der Waals surface area contributed by atoms with Gasteiger partial charge in [0.05, 0.1) is 6.61 Å². The van der Waals surface area contributed by atoms with Crippen molar-refractivity contribution in [3.63, 3.8) is 0 Å². The summed E-state index contributed by atoms with van der Waals surface area (Å²) in [6.45, 7) is 4.68. The van der Waals surface area contributed by atoms with Crippen LogP contribution in [0.25, 0.3) is 0 Å². The lowest BCUT2D eigenvalue weighted by molar-refractivity contribution is 0.286. The van der Waals surface area contributed by atoms with Crippen molar-refractivity contribution in [3.8, 4) is 11.6 Å². The summed E-state index contributed by atoms with van der Waals surface area (Å²) in [5, 5.41) is 0.348. The molecule has 2 aromatic rings. The molecular weight excluding hydrogens is 264 g/mol. The predicted octanol–water partition coefficient (Wildman–Crippen LogP) is 3.42. The quantitative estimate of drug-likeness (QED) is 0.786. The Hall–Kier alpha value is -1.81. The van der Waals surface area contributed by atoms with Crippen LogP contribution in [0.4, 0.5) is 0 Å². The first-order valence-electron chi connectivity index (χ1n) is 6.03. The van der Waals surface area contributed by atoms with Gasteiger partial charge in [0.1, 0.15) is 17.5 Å². The summed E-state index contributed by atoms with van der Waals surface area (Å²) in [5.41, 5.74) is 1.14. The van der Waals surface area contributed by atoms with Crippen LogP contribution in [0, 0.1) is 6.92 Å². The highest BCUT2D eigenvalue weighted by Crippen LogP contribution is 2.17. The van der Waals surface area contributed by atoms with Crippen molar-refractivity contribution in [1.29, 1.82) is 0 Å². The van der Waals surface area contributed by atoms with Gasteiger partial charge in [-0.3, -0.25) is 0 Å². The fourth-order valence-corrected chi connectivity index (χ4v) is 1.77. The van der Waals surface area contributed by atoms with Gasteiger partial charge in [-0.25, -0.2) is 4.98 Å². The monoisotopic (exact) mass is 278 g/mol. The molecule has 0 fully saturated rings. The molecule has 0 radical (unpaired) electrons. The predicted molar refractivity (Wildman–Crippen MR) is 73.7 cm³/mol. The summed E-state index contributed by atoms with van der Waals surface area (Å²) < 4.78 is 10.9. The second-order valence-corrected chi connectivity index (χ2v) is 4.37. The van der Waals surface area contributed by atoms with E-state index in [0.717, 1.165) is 11.3 Å². The molecule has 4 nitrogen and oxygen atoms in total. The van der Waals surface area contributed by atoms with Gasteiger partial charge in [-0.15, -0.1) is 0 Å². The third-order valence-corrected chi connectivity index (χ3v) is 2.56. The molecule has 100 valence electrons. The van der Waals surface area contributed by atoms with E-state index in [-0.39, 0.29) is 6.61 Å². The van der Waals surface area contributed by atoms with Gasteiger partial charge >= 0.3 is 0 Å². The zero-order valence-electron chi connectivity index (χ0n) is 10.9. The molecule has 1 aromatic carbocycles. The average Bonchev–Trinajstić information content (AvgIpc) is 2.36. The molecule has 0 unspecified atom stereocenters. The Morgan fingerprint density at radius 1 is 1.16 bits per heavy atom. The Morgan fingerprint density at radius 2 is 2.00 bits per heavy atom. The number of ether oxygens (including phenoxy) is 2. The molecule has 1 heterocycles. The highest BCUT2D eigenvalue weighted by Gasteiger charge is 2.05. The fourth-order valence-electron chi connectivity index (χ4n) is 1.58. The molecular formula is C14H15ClN2O2. The molecule has 5 heteroatoms. The van der Waals surface area contributed by atoms with Crippen LogP contribution in [0.5, 0.6) is 11.6 Å². The van der Waals surface area contributed by atoms with E-state index in [1.807, 2.05) is 38.1 Å². The highest BCUT2D eigenvalue weighted by atomic mass is 35.5. The molecule has 0 saturated heterocycles. The minimum absolute atomic E-state index is 0.254. The topological polar surface area (TPSA) is 44.2 Å². The largest absolute Gasteiger partial charge is 0.486 e. The number of aryl methyl sites for hydroxylation is 1. The molecule has 0 bridgehead atoms. The smallest absolute Gasteiger partial charge is 0.218 e. The summed E-state index contributed by atoms with van der Waals surface area (Å²) in [4.78, 5) is 8.32. The maximum Gasteiger partial charge on any atom is 0.218 e. The molecule has 0 amide bonds. The minimum Gasteiger partial charge on any atom is -0.486 e. The van der Waals surface area contributed by atoms with Gasteiger partial charge in [0.2, 0.25) is 5.88 Å². The van der Waals surface area contributed by atoms with Gasteiger partial charge in [-0.1, -0.05) is 23.7 Å². The molecule has 0 aliphatic rings. The van der Waals surface area contributed by atoms with Crippen molar-refractivity contribution in [2.75, 3.05) is 6.61 Å². The van der Waals surface area contributed by atoms with Gasteiger partial charge in [0.15, 0.2) is 5.82 Å². The highest BCUT2D eigenvalue weighted by molar-refractivity contribution is 6.29. The van der Waals surface area contributed by atoms with E-state index in [1.165, 1.54) is 0 Å². The van der Waals surface area contributed by atoms with E-state index in [1.54, 1.807) is 6.07 Å². The molecule has 2 rings (SSSR count). The second kappa shape index (κ2) is 6.38. The first-order chi connectivity index (χ1) is 9.17. The van der Waals surface area contributed by atoms with E-state index in [9.17, 15) is 0 Å². The Balaban J connectivity index is 2.06. The van der Waals surface area contributed by atoms with E-state index in [2.05, 4.69) is 9.97 Å². The molecule has 1 aromatic heterocycles. The molecule has 0 aliphatic carbocycles. The Morgan fingerprint density at radius 3 is 2.74 bits per heavy atom. The van der Waals surface area contributed by atoms with Crippen molar-refractivity contribution in [2.24, 2.45) is 0 Å². The Bertz CT molecular complexity index is 561. The van der Waals surface area contributed by atoms with Gasteiger partial charge in [-0.05, 0) is 31.5 Å². The third-order valence-electron chi connectivity index (χ3n) is 2.37. The van der Waals surface area contributed by atoms with Gasteiger partial charge in [0, 0.05) is 6.07 Å². The molecule has 0 atom stereocenters. The summed E-state index contributed by atoms with van der Waals surface area (Å²) in [7, 11) is 0. The van der Waals surface area contributed by atoms with Gasteiger partial charge < -0.3 is 9.47 Å². The molecule has 19 heavy (non-hydrogen) atoms. The molecule has 0 aliphatic heterocycles. The van der Waals surface area contributed by atoms with E-state index < -0.39 is 0 Å². The lowest BCUT2D eigenvalue weighted by Crippen LogP contribution is -2.04. The van der Waals surface area contributed by atoms with Crippen molar-refractivity contribution >= 4 is 11.6 Å². The van der Waals surface area contributed by atoms with Crippen LogP contribution in [-0.2, 0) is 6.61 Å². The van der Waals surface area contributed by atoms with E-state index in [4.69, 9.17) is 21.1 Å². The van der Waals surface area contributed by atoms with E-state index in [0.29, 0.717) is 23.5 Å². The first-order valence-corrected chi connectivity index (χ1v) is 6.41. The zero-order valence-corrected chi connectivity index (χ0v) is 11.6. The van der Waals surface area contributed by atoms with Crippen LogP contribution < -0.4 is 9.47 Å². The van der Waals surface area contributed by atoms with Crippen molar-refractivity contribution in [2.45, 2.75) is 20.5 Å². The standard InChI is InChI=1S/C14H15ClN2O2/c1-3-18-14-8-12(15)16-13(17-14)9-19-11-6-4-5-10(2)7-11/h4-8H,3,9H2,1-2H3. The Kier molecular flexibility index (Phi) is 4.58. The number of nitrogens with zero attached hydrogens (tertiary/aromatic N) is 2. The van der Waals surface area contributed by atoms with Crippen LogP contribution in [0.15, 0.2) is 30.3 Å². The maximum atomic E-state index is 5.91. The van der Waals surface area contributed by atoms with Crippen molar-refractivity contribution < 1.29 is 9.47 Å². The lowest BCUT2D eigenvalue weighted by Gasteiger charge is -2.08. The van der Waals surface area contributed by atoms with Crippen LogP contribution in [0.3, 0.4) is 0 Å². The molecule has 0 N–H and O–H groups in total. The molecule has 0 saturated carbocycles. The number of hydrogen-bond donors (Lipinski definition) is 0. The van der Waals surface area contributed by atoms with Gasteiger partial charge in [0.25, 0.3) is 0 Å². The lowest BCUT2D eigenvalue weighted by atomic mass is 10.2. The zero-order chi connectivity index (χ0) is 13.7. The molecule has 0 spiro atoms. The number of rotatable bonds is 5. The van der Waals surface area contributed by atoms with Crippen LogP contribution >= 0.6 is 11.6 Å². The van der Waals surface area contributed by atoms with Crippen LogP contribution in [0.2, 0.25) is 5.15 Å². The third kappa shape index (κ3) is 4.10. The normalized spacial score (nSPS) is 10.3. The van der Waals surface area contributed by atoms with Crippen LogP contribution in [0.1, 0.15) is 18.3 Å². The number of aromatic nitrogens is 2. The number of hydrogen-bond acceptors (Lipinski definition) is 4. The number of halogens is 1. The average molecular weight is 279 g/mol. The summed E-state index contributed by atoms with van der Waals surface area (Å²) >= 11 is 5.91. The van der Waals surface area contributed by atoms with E-state index >= 15 is 0 Å². The summed E-state index contributed by atoms with van der Waals surface area (Å²) in [5.74, 6) is 1.74. The fraction of sp³-hybridized carbons (Fsp3) is 0.286. The number of benzene rings is 1. The van der Waals surface area contributed by atoms with Crippen molar-refractivity contribution in [1.82, 2.24) is 9.97 Å². The van der Waals surface area contributed by atoms with Crippen molar-refractivity contribution in [3.05, 3.63) is 46.9 Å². The SMILES string of the molecule is CCOc1cc(Cl)nc(COc2cccc(C)c2)n1. The summed E-state index contributed by atoms with van der Waals surface area (Å²) in [6, 6.07) is 9.38.